The summed E-state index contributed by atoms with van der Waals surface area (Å²) < 4.78 is 1.84. The monoisotopic (exact) mass is 384 g/mol. The summed E-state index contributed by atoms with van der Waals surface area (Å²) in [6.45, 7) is 2.90. The fourth-order valence-corrected chi connectivity index (χ4v) is 4.22. The van der Waals surface area contributed by atoms with E-state index in [9.17, 15) is 4.79 Å². The van der Waals surface area contributed by atoms with E-state index < -0.39 is 0 Å². The molecule has 3 rings (SSSR count). The quantitative estimate of drug-likeness (QED) is 0.826. The Balaban J connectivity index is 1.88. The van der Waals surface area contributed by atoms with Gasteiger partial charge in [-0.15, -0.1) is 10.2 Å². The number of hydrogen-bond donors (Lipinski definition) is 2. The van der Waals surface area contributed by atoms with Crippen molar-refractivity contribution < 1.29 is 4.79 Å². The molecule has 5 nitrogen and oxygen atoms in total. The van der Waals surface area contributed by atoms with Gasteiger partial charge in [-0.1, -0.05) is 30.0 Å². The summed E-state index contributed by atoms with van der Waals surface area (Å²) in [6, 6.07) is 3.72. The molecule has 110 valence electrons. The topological polar surface area (TPSA) is 66.9 Å². The molecule has 1 aromatic carbocycles. The molecule has 0 spiro atoms. The number of halogens is 1. The summed E-state index contributed by atoms with van der Waals surface area (Å²) in [4.78, 5) is 13.1. The number of nitrogens with zero attached hydrogens (tertiary/aromatic N) is 2. The van der Waals surface area contributed by atoms with Gasteiger partial charge in [-0.3, -0.25) is 4.79 Å². The van der Waals surface area contributed by atoms with Gasteiger partial charge in [-0.2, -0.15) is 0 Å². The zero-order valence-corrected chi connectivity index (χ0v) is 14.4. The number of fused-ring (bicyclic) bond motifs is 1. The maximum atomic E-state index is 12.1. The van der Waals surface area contributed by atoms with Gasteiger partial charge in [-0.25, -0.2) is 0 Å². The van der Waals surface area contributed by atoms with Crippen LogP contribution in [0.2, 0.25) is 0 Å². The number of hydrogen-bond acceptors (Lipinski definition) is 6. The summed E-state index contributed by atoms with van der Waals surface area (Å²) in [5.74, 6) is 0.00316. The molecule has 0 bridgehead atoms. The highest BCUT2D eigenvalue weighted by molar-refractivity contribution is 9.10. The van der Waals surface area contributed by atoms with E-state index in [1.807, 2.05) is 12.1 Å². The van der Waals surface area contributed by atoms with Crippen molar-refractivity contribution in [3.63, 3.8) is 0 Å². The Morgan fingerprint density at radius 2 is 2.38 bits per heavy atom. The van der Waals surface area contributed by atoms with Crippen LogP contribution in [0, 0.1) is 0 Å². The highest BCUT2D eigenvalue weighted by atomic mass is 79.9. The number of aromatic nitrogens is 2. The maximum Gasteiger partial charge on any atom is 0.246 e. The molecule has 0 saturated heterocycles. The van der Waals surface area contributed by atoms with Crippen LogP contribution in [0.15, 0.2) is 31.4 Å². The Hall–Kier alpha value is -0.960. The molecule has 0 saturated carbocycles. The number of anilines is 1. The lowest BCUT2D eigenvalue weighted by Gasteiger charge is -2.11. The molecule has 1 atom stereocenters. The second-order valence-electron chi connectivity index (χ2n) is 4.55. The van der Waals surface area contributed by atoms with Crippen molar-refractivity contribution in [1.29, 1.82) is 0 Å². The van der Waals surface area contributed by atoms with Gasteiger partial charge >= 0.3 is 0 Å². The van der Waals surface area contributed by atoms with Crippen LogP contribution in [0.1, 0.15) is 24.9 Å². The Bertz CT molecular complexity index is 662. The zero-order chi connectivity index (χ0) is 14.8. The number of nitrogens with one attached hydrogen (secondary N) is 2. The fraction of sp³-hybridized carbons (Fsp3) is 0.308. The van der Waals surface area contributed by atoms with Crippen molar-refractivity contribution >= 4 is 50.6 Å². The predicted molar refractivity (Wildman–Crippen MR) is 87.8 cm³/mol. The number of carbonyl (C=O) groups excluding carboxylic acids is 1. The van der Waals surface area contributed by atoms with Crippen molar-refractivity contribution in [2.24, 2.45) is 0 Å². The second-order valence-corrected chi connectivity index (χ2v) is 7.53. The molecule has 21 heavy (non-hydrogen) atoms. The fourth-order valence-electron chi connectivity index (χ4n) is 2.13. The van der Waals surface area contributed by atoms with Gasteiger partial charge in [0.25, 0.3) is 0 Å². The number of amides is 1. The van der Waals surface area contributed by atoms with Crippen LogP contribution in [0.25, 0.3) is 0 Å². The standard InChI is InChI=1S/C13H13BrN4OS2/c1-2-3-15-11-7-4-8(14)10(5-9(7)17-12(11)19)21-13-18-16-6-20-13/h4-6,11,15H,2-3H2,1H3,(H,17,19). The second kappa shape index (κ2) is 6.43. The third kappa shape index (κ3) is 3.13. The number of carbonyl (C=O) groups is 1. The van der Waals surface area contributed by atoms with Crippen LogP contribution < -0.4 is 10.6 Å². The van der Waals surface area contributed by atoms with Crippen LogP contribution in [-0.2, 0) is 4.79 Å². The van der Waals surface area contributed by atoms with Gasteiger partial charge < -0.3 is 10.6 Å². The first kappa shape index (κ1) is 15.0. The van der Waals surface area contributed by atoms with Crippen molar-refractivity contribution in [2.45, 2.75) is 28.6 Å². The average molecular weight is 385 g/mol. The highest BCUT2D eigenvalue weighted by Gasteiger charge is 2.31. The molecule has 0 aliphatic carbocycles. The highest BCUT2D eigenvalue weighted by Crippen LogP contribution is 2.41. The first-order valence-corrected chi connectivity index (χ1v) is 8.99. The van der Waals surface area contributed by atoms with E-state index in [2.05, 4.69) is 43.7 Å². The lowest BCUT2D eigenvalue weighted by molar-refractivity contribution is -0.117. The average Bonchev–Trinajstić information content (AvgIpc) is 3.05. The van der Waals surface area contributed by atoms with E-state index >= 15 is 0 Å². The van der Waals surface area contributed by atoms with Crippen molar-refractivity contribution in [2.75, 3.05) is 11.9 Å². The van der Waals surface area contributed by atoms with E-state index in [0.717, 1.165) is 37.9 Å². The van der Waals surface area contributed by atoms with Crippen LogP contribution in [0.3, 0.4) is 0 Å². The summed E-state index contributed by atoms with van der Waals surface area (Å²) in [7, 11) is 0. The molecule has 1 aliphatic heterocycles. The normalized spacial score (nSPS) is 16.9. The van der Waals surface area contributed by atoms with E-state index in [1.54, 1.807) is 5.51 Å². The molecular weight excluding hydrogens is 372 g/mol. The molecule has 1 amide bonds. The van der Waals surface area contributed by atoms with Gasteiger partial charge in [0.15, 0.2) is 4.34 Å². The third-order valence-corrected chi connectivity index (χ3v) is 5.83. The molecule has 1 aromatic heterocycles. The molecule has 8 heteroatoms. The molecule has 2 aromatic rings. The Morgan fingerprint density at radius 1 is 1.52 bits per heavy atom. The maximum absolute atomic E-state index is 12.1. The van der Waals surface area contributed by atoms with Crippen LogP contribution >= 0.6 is 39.0 Å². The minimum Gasteiger partial charge on any atom is -0.324 e. The summed E-state index contributed by atoms with van der Waals surface area (Å²) >= 11 is 6.61. The molecule has 0 fully saturated rings. The summed E-state index contributed by atoms with van der Waals surface area (Å²) in [5, 5.41) is 14.1. The molecular formula is C13H13BrN4OS2. The van der Waals surface area contributed by atoms with Crippen molar-refractivity contribution in [1.82, 2.24) is 15.5 Å². The molecule has 0 radical (unpaired) electrons. The minimum atomic E-state index is -0.267. The van der Waals surface area contributed by atoms with E-state index in [0.29, 0.717) is 0 Å². The molecule has 2 N–H and O–H groups in total. The van der Waals surface area contributed by atoms with Gasteiger partial charge in [0.05, 0.1) is 0 Å². The molecule has 2 heterocycles. The minimum absolute atomic E-state index is 0.00316. The largest absolute Gasteiger partial charge is 0.324 e. The van der Waals surface area contributed by atoms with Gasteiger partial charge in [0.2, 0.25) is 5.91 Å². The Kier molecular flexibility index (Phi) is 4.58. The first-order chi connectivity index (χ1) is 10.2. The lowest BCUT2D eigenvalue weighted by Crippen LogP contribution is -2.27. The molecule has 1 aliphatic rings. The Labute approximate surface area is 139 Å². The van der Waals surface area contributed by atoms with E-state index in [4.69, 9.17) is 0 Å². The van der Waals surface area contributed by atoms with Gasteiger partial charge in [0, 0.05) is 20.6 Å². The zero-order valence-electron chi connectivity index (χ0n) is 11.2. The molecule has 1 unspecified atom stereocenters. The predicted octanol–water partition coefficient (Wildman–Crippen LogP) is 3.44. The first-order valence-electron chi connectivity index (χ1n) is 6.50. The Morgan fingerprint density at radius 3 is 3.10 bits per heavy atom. The van der Waals surface area contributed by atoms with Gasteiger partial charge in [0.1, 0.15) is 11.6 Å². The van der Waals surface area contributed by atoms with Crippen LogP contribution in [0.4, 0.5) is 5.69 Å². The number of benzene rings is 1. The van der Waals surface area contributed by atoms with Gasteiger partial charge in [-0.05, 0) is 41.0 Å². The number of rotatable bonds is 5. The lowest BCUT2D eigenvalue weighted by atomic mass is 10.1. The van der Waals surface area contributed by atoms with Crippen molar-refractivity contribution in [3.8, 4) is 0 Å². The summed E-state index contributed by atoms with van der Waals surface area (Å²) in [5.41, 5.74) is 3.56. The smallest absolute Gasteiger partial charge is 0.246 e. The van der Waals surface area contributed by atoms with Crippen LogP contribution in [-0.4, -0.2) is 22.6 Å². The SMILES string of the molecule is CCCNC1C(=O)Nc2cc(Sc3nncs3)c(Br)cc21. The van der Waals surface area contributed by atoms with Crippen LogP contribution in [0.5, 0.6) is 0 Å². The van der Waals surface area contributed by atoms with E-state index in [-0.39, 0.29) is 11.9 Å². The van der Waals surface area contributed by atoms with E-state index in [1.165, 1.54) is 23.1 Å². The summed E-state index contributed by atoms with van der Waals surface area (Å²) in [6.07, 6.45) is 0.991. The van der Waals surface area contributed by atoms with Crippen molar-refractivity contribution in [3.05, 3.63) is 27.7 Å². The third-order valence-electron chi connectivity index (χ3n) is 3.07.